The Morgan fingerprint density at radius 1 is 1.21 bits per heavy atom. The molecule has 0 atom stereocenters. The summed E-state index contributed by atoms with van der Waals surface area (Å²) in [5.41, 5.74) is 3.64. The summed E-state index contributed by atoms with van der Waals surface area (Å²) >= 11 is 0. The smallest absolute Gasteiger partial charge is 0.165 e. The van der Waals surface area contributed by atoms with E-state index in [4.69, 9.17) is 4.74 Å². The second kappa shape index (κ2) is 4.35. The summed E-state index contributed by atoms with van der Waals surface area (Å²) in [5, 5.41) is 0. The van der Waals surface area contributed by atoms with E-state index in [1.54, 1.807) is 19.6 Å². The first-order valence-electron chi connectivity index (χ1n) is 5.98. The quantitative estimate of drug-likeness (QED) is 0.704. The average molecular weight is 254 g/mol. The van der Waals surface area contributed by atoms with Gasteiger partial charge in [-0.05, 0) is 19.1 Å². The van der Waals surface area contributed by atoms with Gasteiger partial charge in [0.1, 0.15) is 11.3 Å². The Labute approximate surface area is 110 Å². The largest absolute Gasteiger partial charge is 0.496 e. The molecule has 0 aliphatic heterocycles. The maximum Gasteiger partial charge on any atom is 0.165 e. The van der Waals surface area contributed by atoms with Crippen LogP contribution in [-0.4, -0.2) is 26.6 Å². The fourth-order valence-electron chi connectivity index (χ4n) is 2.05. The molecule has 0 saturated carbocycles. The maximum absolute atomic E-state index is 5.38. The molecular formula is C14H14N4O. The van der Waals surface area contributed by atoms with E-state index in [1.165, 1.54) is 0 Å². The average Bonchev–Trinajstić information content (AvgIpc) is 2.80. The van der Waals surface area contributed by atoms with E-state index >= 15 is 0 Å². The van der Waals surface area contributed by atoms with Gasteiger partial charge in [-0.15, -0.1) is 0 Å². The number of hydrogen-bond acceptors (Lipinski definition) is 4. The summed E-state index contributed by atoms with van der Waals surface area (Å²) in [6.07, 6.45) is 3.47. The van der Waals surface area contributed by atoms with Crippen LogP contribution in [0.2, 0.25) is 0 Å². The predicted octanol–water partition coefficient (Wildman–Crippen LogP) is 2.35. The van der Waals surface area contributed by atoms with Crippen molar-refractivity contribution >= 4 is 11.2 Å². The van der Waals surface area contributed by atoms with E-state index in [1.807, 2.05) is 36.7 Å². The van der Waals surface area contributed by atoms with E-state index in [-0.39, 0.29) is 0 Å². The molecule has 0 spiro atoms. The van der Waals surface area contributed by atoms with Crippen LogP contribution in [0.25, 0.3) is 22.6 Å². The third-order valence-corrected chi connectivity index (χ3v) is 3.05. The van der Waals surface area contributed by atoms with Crippen LogP contribution < -0.4 is 4.74 Å². The zero-order valence-electron chi connectivity index (χ0n) is 11.1. The summed E-state index contributed by atoms with van der Waals surface area (Å²) in [5.74, 6) is 1.42. The first-order valence-corrected chi connectivity index (χ1v) is 5.98. The lowest BCUT2D eigenvalue weighted by molar-refractivity contribution is 0.416. The minimum absolute atomic E-state index is 0.650. The number of benzene rings is 1. The molecule has 0 saturated heterocycles. The number of rotatable bonds is 2. The Hall–Kier alpha value is -2.43. The standard InChI is InChI=1S/C14H14N4O/c1-9-4-5-12(19-3)10(6-9)13-15-7-11-14(17-13)18(2)8-16-11/h4-8H,1-3H3. The highest BCUT2D eigenvalue weighted by molar-refractivity contribution is 5.74. The molecule has 0 bridgehead atoms. The lowest BCUT2D eigenvalue weighted by Gasteiger charge is -2.08. The molecular weight excluding hydrogens is 240 g/mol. The van der Waals surface area contributed by atoms with Crippen LogP contribution in [0.3, 0.4) is 0 Å². The van der Waals surface area contributed by atoms with E-state index < -0.39 is 0 Å². The van der Waals surface area contributed by atoms with Crippen LogP contribution in [-0.2, 0) is 7.05 Å². The third kappa shape index (κ3) is 1.93. The van der Waals surface area contributed by atoms with Crippen molar-refractivity contribution in [3.63, 3.8) is 0 Å². The van der Waals surface area contributed by atoms with Crippen LogP contribution in [0.15, 0.2) is 30.7 Å². The van der Waals surface area contributed by atoms with Crippen LogP contribution in [0.4, 0.5) is 0 Å². The lowest BCUT2D eigenvalue weighted by Crippen LogP contribution is -1.96. The van der Waals surface area contributed by atoms with Crippen molar-refractivity contribution in [1.82, 2.24) is 19.5 Å². The van der Waals surface area contributed by atoms with E-state index in [2.05, 4.69) is 15.0 Å². The number of ether oxygens (including phenoxy) is 1. The molecule has 96 valence electrons. The van der Waals surface area contributed by atoms with Crippen molar-refractivity contribution < 1.29 is 4.74 Å². The van der Waals surface area contributed by atoms with Gasteiger partial charge in [-0.1, -0.05) is 11.6 Å². The lowest BCUT2D eigenvalue weighted by atomic mass is 10.1. The Balaban J connectivity index is 2.23. The van der Waals surface area contributed by atoms with Crippen molar-refractivity contribution in [1.29, 1.82) is 0 Å². The predicted molar refractivity (Wildman–Crippen MR) is 73.0 cm³/mol. The summed E-state index contributed by atoms with van der Waals surface area (Å²) in [6, 6.07) is 5.96. The van der Waals surface area contributed by atoms with Crippen LogP contribution >= 0.6 is 0 Å². The molecule has 2 heterocycles. The molecule has 0 fully saturated rings. The zero-order valence-corrected chi connectivity index (χ0v) is 11.1. The molecule has 3 rings (SSSR count). The number of imidazole rings is 1. The van der Waals surface area contributed by atoms with Gasteiger partial charge in [0.25, 0.3) is 0 Å². The van der Waals surface area contributed by atoms with Crippen molar-refractivity contribution in [3.8, 4) is 17.1 Å². The summed E-state index contributed by atoms with van der Waals surface area (Å²) < 4.78 is 7.25. The van der Waals surface area contributed by atoms with Gasteiger partial charge in [0.2, 0.25) is 0 Å². The molecule has 3 aromatic rings. The van der Waals surface area contributed by atoms with Gasteiger partial charge in [-0.25, -0.2) is 15.0 Å². The topological polar surface area (TPSA) is 52.8 Å². The highest BCUT2D eigenvalue weighted by Gasteiger charge is 2.11. The first-order chi connectivity index (χ1) is 9.19. The Morgan fingerprint density at radius 2 is 2.05 bits per heavy atom. The molecule has 0 N–H and O–H groups in total. The fourth-order valence-corrected chi connectivity index (χ4v) is 2.05. The third-order valence-electron chi connectivity index (χ3n) is 3.05. The minimum Gasteiger partial charge on any atom is -0.496 e. The summed E-state index contributed by atoms with van der Waals surface area (Å²) in [6.45, 7) is 2.03. The van der Waals surface area contributed by atoms with E-state index in [0.29, 0.717) is 5.82 Å². The molecule has 19 heavy (non-hydrogen) atoms. The zero-order chi connectivity index (χ0) is 13.4. The number of hydrogen-bond donors (Lipinski definition) is 0. The Kier molecular flexibility index (Phi) is 2.67. The van der Waals surface area contributed by atoms with Crippen molar-refractivity contribution in [3.05, 3.63) is 36.3 Å². The number of fused-ring (bicyclic) bond motifs is 1. The molecule has 1 aromatic carbocycles. The van der Waals surface area contributed by atoms with Gasteiger partial charge < -0.3 is 9.30 Å². The second-order valence-electron chi connectivity index (χ2n) is 4.46. The van der Waals surface area contributed by atoms with Crippen molar-refractivity contribution in [2.45, 2.75) is 6.92 Å². The SMILES string of the molecule is COc1ccc(C)cc1-c1ncc2ncn(C)c2n1. The van der Waals surface area contributed by atoms with Gasteiger partial charge in [0, 0.05) is 7.05 Å². The highest BCUT2D eigenvalue weighted by atomic mass is 16.5. The van der Waals surface area contributed by atoms with Gasteiger partial charge in [0.05, 0.1) is 25.2 Å². The molecule has 0 amide bonds. The first kappa shape index (κ1) is 11.6. The van der Waals surface area contributed by atoms with Crippen LogP contribution in [0.5, 0.6) is 5.75 Å². The monoisotopic (exact) mass is 254 g/mol. The number of methoxy groups -OCH3 is 1. The van der Waals surface area contributed by atoms with E-state index in [0.717, 1.165) is 28.0 Å². The molecule has 5 nitrogen and oxygen atoms in total. The van der Waals surface area contributed by atoms with Crippen LogP contribution in [0, 0.1) is 6.92 Å². The van der Waals surface area contributed by atoms with Crippen LogP contribution in [0.1, 0.15) is 5.56 Å². The van der Waals surface area contributed by atoms with E-state index in [9.17, 15) is 0 Å². The number of aryl methyl sites for hydroxylation is 2. The molecule has 5 heteroatoms. The molecule has 2 aromatic heterocycles. The van der Waals surface area contributed by atoms with Gasteiger partial charge in [-0.3, -0.25) is 0 Å². The van der Waals surface area contributed by atoms with Crippen molar-refractivity contribution in [2.24, 2.45) is 7.05 Å². The normalized spacial score (nSPS) is 10.9. The van der Waals surface area contributed by atoms with Gasteiger partial charge in [-0.2, -0.15) is 0 Å². The highest BCUT2D eigenvalue weighted by Crippen LogP contribution is 2.28. The minimum atomic E-state index is 0.650. The Morgan fingerprint density at radius 3 is 2.84 bits per heavy atom. The molecule has 0 aliphatic rings. The number of nitrogens with zero attached hydrogens (tertiary/aromatic N) is 4. The Bertz CT molecular complexity index is 748. The molecule has 0 unspecified atom stereocenters. The fraction of sp³-hybridized carbons (Fsp3) is 0.214. The maximum atomic E-state index is 5.38. The second-order valence-corrected chi connectivity index (χ2v) is 4.46. The molecule has 0 radical (unpaired) electrons. The van der Waals surface area contributed by atoms with Gasteiger partial charge in [0.15, 0.2) is 11.5 Å². The summed E-state index contributed by atoms with van der Waals surface area (Å²) in [7, 11) is 3.57. The van der Waals surface area contributed by atoms with Crippen molar-refractivity contribution in [2.75, 3.05) is 7.11 Å². The molecule has 0 aliphatic carbocycles. The number of aromatic nitrogens is 4. The van der Waals surface area contributed by atoms with Gasteiger partial charge >= 0.3 is 0 Å². The summed E-state index contributed by atoms with van der Waals surface area (Å²) in [4.78, 5) is 13.2.